The van der Waals surface area contributed by atoms with E-state index >= 15 is 0 Å². The molecule has 0 aliphatic carbocycles. The van der Waals surface area contributed by atoms with E-state index in [-0.39, 0.29) is 23.2 Å². The highest BCUT2D eigenvalue weighted by Gasteiger charge is 2.15. The number of ether oxygens (including phenoxy) is 1. The molecule has 9 nitrogen and oxygen atoms in total. The van der Waals surface area contributed by atoms with Crippen molar-refractivity contribution in [3.63, 3.8) is 0 Å². The summed E-state index contributed by atoms with van der Waals surface area (Å²) in [5.41, 5.74) is 0.995. The van der Waals surface area contributed by atoms with E-state index in [1.807, 2.05) is 0 Å². The van der Waals surface area contributed by atoms with E-state index in [2.05, 4.69) is 20.0 Å². The van der Waals surface area contributed by atoms with Crippen LogP contribution in [0.25, 0.3) is 0 Å². The maximum Gasteiger partial charge on any atom is 0.264 e. The lowest BCUT2D eigenvalue weighted by atomic mass is 10.1. The van der Waals surface area contributed by atoms with Gasteiger partial charge in [-0.2, -0.15) is 0 Å². The normalized spacial score (nSPS) is 10.9. The molecule has 10 heteroatoms. The molecule has 0 unspecified atom stereocenters. The van der Waals surface area contributed by atoms with E-state index < -0.39 is 15.9 Å². The fraction of sp³-hybridized carbons (Fsp3) is 0.143. The lowest BCUT2D eigenvalue weighted by Gasteiger charge is -2.09. The monoisotopic (exact) mass is 440 g/mol. The largest absolute Gasteiger partial charge is 0.484 e. The number of nitrogens with one attached hydrogen (secondary N) is 2. The highest BCUT2D eigenvalue weighted by atomic mass is 32.2. The number of ketones is 1. The summed E-state index contributed by atoms with van der Waals surface area (Å²) in [5, 5.41) is 2.62. The molecular formula is C21H20N4O5S. The van der Waals surface area contributed by atoms with Gasteiger partial charge in [0.15, 0.2) is 12.4 Å². The van der Waals surface area contributed by atoms with Crippen LogP contribution < -0.4 is 14.8 Å². The first-order valence-electron chi connectivity index (χ1n) is 9.33. The van der Waals surface area contributed by atoms with Gasteiger partial charge in [-0.3, -0.25) is 9.59 Å². The van der Waals surface area contributed by atoms with Crippen LogP contribution in [0, 0.1) is 0 Å². The minimum absolute atomic E-state index is 0.00378. The van der Waals surface area contributed by atoms with Crippen LogP contribution in [0.15, 0.2) is 71.9 Å². The standard InChI is InChI=1S/C21H20N4O5S/c1-2-19(26)15-4-8-17(9-5-15)30-14-20(27)24-16-6-10-18(11-7-16)31(28,29)25-21-22-12-3-13-23-21/h3-13H,2,14H2,1H3,(H,24,27)(H,22,23,25). The maximum absolute atomic E-state index is 12.4. The Morgan fingerprint density at radius 1 is 0.968 bits per heavy atom. The molecule has 0 saturated heterocycles. The Labute approximate surface area is 179 Å². The average Bonchev–Trinajstić information content (AvgIpc) is 2.78. The Bertz CT molecular complexity index is 1150. The van der Waals surface area contributed by atoms with Crippen molar-refractivity contribution >= 4 is 33.3 Å². The van der Waals surface area contributed by atoms with E-state index in [0.717, 1.165) is 0 Å². The van der Waals surface area contributed by atoms with Crippen LogP contribution in [-0.4, -0.2) is 36.7 Å². The van der Waals surface area contributed by atoms with Crippen LogP contribution in [-0.2, 0) is 14.8 Å². The van der Waals surface area contributed by atoms with Crippen molar-refractivity contribution < 1.29 is 22.7 Å². The second-order valence-electron chi connectivity index (χ2n) is 6.34. The molecule has 0 radical (unpaired) electrons. The first kappa shape index (κ1) is 21.9. The van der Waals surface area contributed by atoms with E-state index in [1.54, 1.807) is 37.3 Å². The molecule has 3 aromatic rings. The van der Waals surface area contributed by atoms with Crippen LogP contribution in [0.5, 0.6) is 5.75 Å². The maximum atomic E-state index is 12.4. The molecule has 0 atom stereocenters. The number of aromatic nitrogens is 2. The summed E-state index contributed by atoms with van der Waals surface area (Å²) in [6, 6.07) is 13.7. The Kier molecular flexibility index (Phi) is 6.93. The molecule has 160 valence electrons. The first-order valence-corrected chi connectivity index (χ1v) is 10.8. The summed E-state index contributed by atoms with van der Waals surface area (Å²) in [5.74, 6) is 0.0314. The minimum atomic E-state index is -3.85. The number of benzene rings is 2. The number of amides is 1. The molecule has 2 aromatic carbocycles. The van der Waals surface area contributed by atoms with Gasteiger partial charge in [-0.1, -0.05) is 6.92 Å². The molecule has 1 aromatic heterocycles. The second kappa shape index (κ2) is 9.81. The van der Waals surface area contributed by atoms with Crippen LogP contribution in [0.1, 0.15) is 23.7 Å². The van der Waals surface area contributed by atoms with E-state index in [0.29, 0.717) is 23.4 Å². The van der Waals surface area contributed by atoms with Gasteiger partial charge >= 0.3 is 0 Å². The molecule has 0 saturated carbocycles. The van der Waals surface area contributed by atoms with Crippen LogP contribution in [0.4, 0.5) is 11.6 Å². The van der Waals surface area contributed by atoms with E-state index in [1.165, 1.54) is 36.7 Å². The van der Waals surface area contributed by atoms with Crippen molar-refractivity contribution in [2.45, 2.75) is 18.2 Å². The summed E-state index contributed by atoms with van der Waals surface area (Å²) in [4.78, 5) is 31.3. The average molecular weight is 440 g/mol. The molecule has 0 bridgehead atoms. The molecule has 3 rings (SSSR count). The van der Waals surface area contributed by atoms with Gasteiger partial charge in [0, 0.05) is 30.1 Å². The third kappa shape index (κ3) is 6.09. The highest BCUT2D eigenvalue weighted by molar-refractivity contribution is 7.92. The summed E-state index contributed by atoms with van der Waals surface area (Å²) >= 11 is 0. The number of carbonyl (C=O) groups is 2. The van der Waals surface area contributed by atoms with Gasteiger partial charge in [-0.05, 0) is 54.6 Å². The molecule has 1 heterocycles. The van der Waals surface area contributed by atoms with Gasteiger partial charge in [0.25, 0.3) is 15.9 Å². The SMILES string of the molecule is CCC(=O)c1ccc(OCC(=O)Nc2ccc(S(=O)(=O)Nc3ncccn3)cc2)cc1. The summed E-state index contributed by atoms with van der Waals surface area (Å²) in [6.45, 7) is 1.54. The summed E-state index contributed by atoms with van der Waals surface area (Å²) in [7, 11) is -3.85. The molecule has 0 fully saturated rings. The van der Waals surface area contributed by atoms with Crippen molar-refractivity contribution in [2.75, 3.05) is 16.6 Å². The summed E-state index contributed by atoms with van der Waals surface area (Å²) < 4.78 is 32.4. The van der Waals surface area contributed by atoms with Crippen molar-refractivity contribution in [3.8, 4) is 5.75 Å². The first-order chi connectivity index (χ1) is 14.9. The molecule has 0 spiro atoms. The van der Waals surface area contributed by atoms with Gasteiger partial charge in [-0.15, -0.1) is 0 Å². The quantitative estimate of drug-likeness (QED) is 0.490. The van der Waals surface area contributed by atoms with Crippen LogP contribution in [0.3, 0.4) is 0 Å². The van der Waals surface area contributed by atoms with Crippen LogP contribution >= 0.6 is 0 Å². The number of nitrogens with zero attached hydrogens (tertiary/aromatic N) is 2. The number of anilines is 2. The molecule has 2 N–H and O–H groups in total. The summed E-state index contributed by atoms with van der Waals surface area (Å²) in [6.07, 6.45) is 3.26. The van der Waals surface area contributed by atoms with Crippen molar-refractivity contribution in [1.29, 1.82) is 0 Å². The zero-order chi connectivity index (χ0) is 22.3. The van der Waals surface area contributed by atoms with E-state index in [4.69, 9.17) is 4.74 Å². The zero-order valence-electron chi connectivity index (χ0n) is 16.6. The van der Waals surface area contributed by atoms with Gasteiger partial charge in [-0.25, -0.2) is 23.1 Å². The van der Waals surface area contributed by atoms with Gasteiger partial charge in [0.2, 0.25) is 5.95 Å². The number of hydrogen-bond acceptors (Lipinski definition) is 7. The third-order valence-corrected chi connectivity index (χ3v) is 5.45. The molecular weight excluding hydrogens is 420 g/mol. The molecule has 0 aliphatic rings. The van der Waals surface area contributed by atoms with Crippen molar-refractivity contribution in [2.24, 2.45) is 0 Å². The fourth-order valence-corrected chi connectivity index (χ4v) is 3.49. The van der Waals surface area contributed by atoms with Gasteiger partial charge in [0.1, 0.15) is 5.75 Å². The lowest BCUT2D eigenvalue weighted by Crippen LogP contribution is -2.20. The zero-order valence-corrected chi connectivity index (χ0v) is 17.4. The van der Waals surface area contributed by atoms with Crippen LogP contribution in [0.2, 0.25) is 0 Å². The Morgan fingerprint density at radius 2 is 1.61 bits per heavy atom. The molecule has 0 aliphatic heterocycles. The smallest absolute Gasteiger partial charge is 0.264 e. The highest BCUT2D eigenvalue weighted by Crippen LogP contribution is 2.17. The van der Waals surface area contributed by atoms with Gasteiger partial charge < -0.3 is 10.1 Å². The lowest BCUT2D eigenvalue weighted by molar-refractivity contribution is -0.118. The third-order valence-electron chi connectivity index (χ3n) is 4.11. The van der Waals surface area contributed by atoms with Gasteiger partial charge in [0.05, 0.1) is 4.90 Å². The topological polar surface area (TPSA) is 127 Å². The molecule has 1 amide bonds. The number of rotatable bonds is 9. The predicted molar refractivity (Wildman–Crippen MR) is 114 cm³/mol. The fourth-order valence-electron chi connectivity index (χ4n) is 2.54. The van der Waals surface area contributed by atoms with E-state index in [9.17, 15) is 18.0 Å². The minimum Gasteiger partial charge on any atom is -0.484 e. The number of hydrogen-bond donors (Lipinski definition) is 2. The van der Waals surface area contributed by atoms with Crippen molar-refractivity contribution in [1.82, 2.24) is 9.97 Å². The number of carbonyl (C=O) groups excluding carboxylic acids is 2. The number of sulfonamides is 1. The van der Waals surface area contributed by atoms with Crippen molar-refractivity contribution in [3.05, 3.63) is 72.6 Å². The Morgan fingerprint density at radius 3 is 2.23 bits per heavy atom. The number of Topliss-reactive ketones (excluding diaryl/α,β-unsaturated/α-hetero) is 1. The predicted octanol–water partition coefficient (Wildman–Crippen LogP) is 2.89. The Hall–Kier alpha value is -3.79. The molecule has 31 heavy (non-hydrogen) atoms. The second-order valence-corrected chi connectivity index (χ2v) is 8.02. The Balaban J connectivity index is 1.54.